The highest BCUT2D eigenvalue weighted by atomic mass is 16.4. The lowest BCUT2D eigenvalue weighted by atomic mass is 9.88. The minimum Gasteiger partial charge on any atom is -0.481 e. The van der Waals surface area contributed by atoms with Crippen LogP contribution in [0.3, 0.4) is 0 Å². The molecule has 1 amide bonds. The summed E-state index contributed by atoms with van der Waals surface area (Å²) in [5, 5.41) is 13.9. The quantitative estimate of drug-likeness (QED) is 0.931. The number of carboxylic acid groups (broad SMARTS) is 1. The molecule has 0 saturated carbocycles. The van der Waals surface area contributed by atoms with Crippen molar-refractivity contribution in [2.45, 2.75) is 39.0 Å². The third kappa shape index (κ3) is 2.81. The van der Waals surface area contributed by atoms with E-state index < -0.39 is 11.9 Å². The SMILES string of the molecule is Cc1nn(C)c(C)c1C(C)C(=O)N1CCC(C(=O)O)c2ccccc21. The van der Waals surface area contributed by atoms with Gasteiger partial charge in [0.1, 0.15) is 0 Å². The maximum Gasteiger partial charge on any atom is 0.311 e. The van der Waals surface area contributed by atoms with Crippen molar-refractivity contribution < 1.29 is 14.7 Å². The van der Waals surface area contributed by atoms with Crippen molar-refractivity contribution in [3.05, 3.63) is 46.8 Å². The normalized spacial score (nSPS) is 17.9. The predicted octanol–water partition coefficient (Wildman–Crippen LogP) is 2.75. The van der Waals surface area contributed by atoms with Crippen LogP contribution >= 0.6 is 0 Å². The van der Waals surface area contributed by atoms with Gasteiger partial charge in [0.05, 0.1) is 17.5 Å². The van der Waals surface area contributed by atoms with E-state index in [4.69, 9.17) is 0 Å². The Labute approximate surface area is 147 Å². The third-order valence-corrected chi connectivity index (χ3v) is 5.18. The van der Waals surface area contributed by atoms with Crippen molar-refractivity contribution in [2.75, 3.05) is 11.4 Å². The maximum absolute atomic E-state index is 13.2. The number of anilines is 1. The number of fused-ring (bicyclic) bond motifs is 1. The van der Waals surface area contributed by atoms with E-state index in [0.29, 0.717) is 24.2 Å². The first-order valence-electron chi connectivity index (χ1n) is 8.46. The molecule has 0 bridgehead atoms. The van der Waals surface area contributed by atoms with Crippen LogP contribution in [0.5, 0.6) is 0 Å². The van der Waals surface area contributed by atoms with Gasteiger partial charge in [-0.15, -0.1) is 0 Å². The Kier molecular flexibility index (Phi) is 4.37. The fraction of sp³-hybridized carbons (Fsp3) is 0.421. The van der Waals surface area contributed by atoms with E-state index in [1.54, 1.807) is 15.6 Å². The molecule has 6 heteroatoms. The van der Waals surface area contributed by atoms with E-state index >= 15 is 0 Å². The van der Waals surface area contributed by atoms with Crippen LogP contribution in [0, 0.1) is 13.8 Å². The highest BCUT2D eigenvalue weighted by Crippen LogP contribution is 2.37. The summed E-state index contributed by atoms with van der Waals surface area (Å²) in [7, 11) is 1.87. The minimum atomic E-state index is -0.841. The fourth-order valence-electron chi connectivity index (χ4n) is 3.82. The van der Waals surface area contributed by atoms with Gasteiger partial charge in [-0.25, -0.2) is 0 Å². The minimum absolute atomic E-state index is 0.0181. The first-order valence-corrected chi connectivity index (χ1v) is 8.46. The van der Waals surface area contributed by atoms with Gasteiger partial charge in [0, 0.05) is 30.5 Å². The molecule has 0 radical (unpaired) electrons. The molecular formula is C19H23N3O3. The molecule has 1 N–H and O–H groups in total. The lowest BCUT2D eigenvalue weighted by Crippen LogP contribution is -2.40. The number of hydrogen-bond acceptors (Lipinski definition) is 3. The first kappa shape index (κ1) is 17.2. The van der Waals surface area contributed by atoms with Crippen LogP contribution in [0.4, 0.5) is 5.69 Å². The predicted molar refractivity (Wildman–Crippen MR) is 94.9 cm³/mol. The summed E-state index contributed by atoms with van der Waals surface area (Å²) in [5.74, 6) is -1.75. The molecule has 25 heavy (non-hydrogen) atoms. The second-order valence-corrected chi connectivity index (χ2v) is 6.66. The average molecular weight is 341 g/mol. The molecule has 1 aromatic heterocycles. The van der Waals surface area contributed by atoms with Crippen LogP contribution < -0.4 is 4.90 Å². The van der Waals surface area contributed by atoms with Crippen LogP contribution in [-0.4, -0.2) is 33.3 Å². The number of hydrogen-bond donors (Lipinski definition) is 1. The third-order valence-electron chi connectivity index (χ3n) is 5.18. The number of carbonyl (C=O) groups excluding carboxylic acids is 1. The summed E-state index contributed by atoms with van der Waals surface area (Å²) >= 11 is 0. The highest BCUT2D eigenvalue weighted by Gasteiger charge is 2.35. The van der Waals surface area contributed by atoms with Gasteiger partial charge >= 0.3 is 5.97 Å². The Balaban J connectivity index is 1.97. The molecule has 2 atom stereocenters. The van der Waals surface area contributed by atoms with Crippen molar-refractivity contribution in [1.29, 1.82) is 0 Å². The van der Waals surface area contributed by atoms with Crippen LogP contribution in [0.15, 0.2) is 24.3 Å². The molecule has 0 saturated heterocycles. The van der Waals surface area contributed by atoms with Crippen molar-refractivity contribution in [1.82, 2.24) is 9.78 Å². The van der Waals surface area contributed by atoms with Crippen LogP contribution in [0.2, 0.25) is 0 Å². The molecular weight excluding hydrogens is 318 g/mol. The summed E-state index contributed by atoms with van der Waals surface area (Å²) in [6.07, 6.45) is 0.426. The topological polar surface area (TPSA) is 75.4 Å². The lowest BCUT2D eigenvalue weighted by molar-refractivity contribution is -0.139. The molecule has 0 aliphatic carbocycles. The Morgan fingerprint density at radius 3 is 2.56 bits per heavy atom. The zero-order chi connectivity index (χ0) is 18.3. The Hall–Kier alpha value is -2.63. The summed E-state index contributed by atoms with van der Waals surface area (Å²) in [4.78, 5) is 26.4. The monoisotopic (exact) mass is 341 g/mol. The number of carbonyl (C=O) groups is 2. The highest BCUT2D eigenvalue weighted by molar-refractivity contribution is 6.00. The molecule has 132 valence electrons. The van der Waals surface area contributed by atoms with Gasteiger partial charge < -0.3 is 10.0 Å². The molecule has 0 fully saturated rings. The van der Waals surface area contributed by atoms with Crippen LogP contribution in [-0.2, 0) is 16.6 Å². The molecule has 2 aromatic rings. The second-order valence-electron chi connectivity index (χ2n) is 6.66. The first-order chi connectivity index (χ1) is 11.8. The number of para-hydroxylation sites is 1. The maximum atomic E-state index is 13.2. The van der Waals surface area contributed by atoms with Gasteiger partial charge in [0.25, 0.3) is 0 Å². The number of benzene rings is 1. The molecule has 3 rings (SSSR count). The van der Waals surface area contributed by atoms with Crippen molar-refractivity contribution in [2.24, 2.45) is 7.05 Å². The van der Waals surface area contributed by atoms with E-state index in [0.717, 1.165) is 17.0 Å². The number of aryl methyl sites for hydroxylation is 2. The van der Waals surface area contributed by atoms with Crippen molar-refractivity contribution >= 4 is 17.6 Å². The number of aromatic nitrogens is 2. The van der Waals surface area contributed by atoms with Crippen molar-refractivity contribution in [3.63, 3.8) is 0 Å². The van der Waals surface area contributed by atoms with E-state index in [1.807, 2.05) is 46.0 Å². The van der Waals surface area contributed by atoms with Crippen LogP contribution in [0.25, 0.3) is 0 Å². The summed E-state index contributed by atoms with van der Waals surface area (Å²) < 4.78 is 1.79. The Morgan fingerprint density at radius 1 is 1.28 bits per heavy atom. The molecule has 2 unspecified atom stereocenters. The zero-order valence-corrected chi connectivity index (χ0v) is 15.0. The van der Waals surface area contributed by atoms with Gasteiger partial charge in [0.15, 0.2) is 0 Å². The number of aliphatic carboxylic acids is 1. The van der Waals surface area contributed by atoms with E-state index in [-0.39, 0.29) is 11.8 Å². The molecule has 2 heterocycles. The van der Waals surface area contributed by atoms with Gasteiger partial charge in [-0.3, -0.25) is 14.3 Å². The number of amides is 1. The summed E-state index contributed by atoms with van der Waals surface area (Å²) in [6.45, 7) is 6.18. The molecule has 1 aliphatic heterocycles. The Bertz CT molecular complexity index is 840. The lowest BCUT2D eigenvalue weighted by Gasteiger charge is -2.34. The van der Waals surface area contributed by atoms with Gasteiger partial charge in [-0.1, -0.05) is 18.2 Å². The standard InChI is InChI=1S/C19H23N3O3/c1-11(17-12(2)20-21(4)13(17)3)18(23)22-10-9-15(19(24)25)14-7-5-6-8-16(14)22/h5-8,11,15H,9-10H2,1-4H3,(H,24,25). The average Bonchev–Trinajstić information content (AvgIpc) is 2.84. The molecule has 1 aliphatic rings. The molecule has 6 nitrogen and oxygen atoms in total. The Morgan fingerprint density at radius 2 is 1.96 bits per heavy atom. The van der Waals surface area contributed by atoms with Gasteiger partial charge in [0.2, 0.25) is 5.91 Å². The van der Waals surface area contributed by atoms with Crippen molar-refractivity contribution in [3.8, 4) is 0 Å². The summed E-state index contributed by atoms with van der Waals surface area (Å²) in [6, 6.07) is 7.30. The molecule has 1 aromatic carbocycles. The van der Waals surface area contributed by atoms with E-state index in [2.05, 4.69) is 5.10 Å². The number of rotatable bonds is 3. The second kappa shape index (κ2) is 6.35. The largest absolute Gasteiger partial charge is 0.481 e. The van der Waals surface area contributed by atoms with E-state index in [9.17, 15) is 14.7 Å². The number of nitrogens with zero attached hydrogens (tertiary/aromatic N) is 3. The van der Waals surface area contributed by atoms with Gasteiger partial charge in [-0.05, 0) is 38.8 Å². The van der Waals surface area contributed by atoms with E-state index in [1.165, 1.54) is 0 Å². The fourth-order valence-corrected chi connectivity index (χ4v) is 3.82. The van der Waals surface area contributed by atoms with Gasteiger partial charge in [-0.2, -0.15) is 5.10 Å². The van der Waals surface area contributed by atoms with Crippen LogP contribution in [0.1, 0.15) is 47.7 Å². The zero-order valence-electron chi connectivity index (χ0n) is 15.0. The summed E-state index contributed by atoms with van der Waals surface area (Å²) in [5.41, 5.74) is 4.20. The number of carboxylic acids is 1. The molecule has 0 spiro atoms. The smallest absolute Gasteiger partial charge is 0.311 e.